The van der Waals surface area contributed by atoms with Gasteiger partial charge in [0, 0.05) is 16.2 Å². The van der Waals surface area contributed by atoms with Crippen LogP contribution in [0.2, 0.25) is 0 Å². The standard InChI is InChI=1S/C19H21BrN2O4S/c1-3-27(24,25)22-16-9-8-15(12-17(16)26-2)21-18(23)19(10-11-19)13-4-6-14(20)7-5-13/h4-9,12,22H,3,10-11H2,1-2H3,(H,21,23). The van der Waals surface area contributed by atoms with Crippen molar-refractivity contribution in [3.8, 4) is 5.75 Å². The Morgan fingerprint density at radius 3 is 2.41 bits per heavy atom. The minimum atomic E-state index is -3.42. The van der Waals surface area contributed by atoms with Crippen LogP contribution in [0.4, 0.5) is 11.4 Å². The number of anilines is 2. The van der Waals surface area contributed by atoms with Gasteiger partial charge in [-0.1, -0.05) is 28.1 Å². The predicted octanol–water partition coefficient (Wildman–Crippen LogP) is 3.89. The Morgan fingerprint density at radius 1 is 1.19 bits per heavy atom. The topological polar surface area (TPSA) is 84.5 Å². The molecule has 27 heavy (non-hydrogen) atoms. The number of hydrogen-bond acceptors (Lipinski definition) is 4. The van der Waals surface area contributed by atoms with E-state index in [0.29, 0.717) is 17.1 Å². The normalized spacial score (nSPS) is 15.1. The number of hydrogen-bond donors (Lipinski definition) is 2. The highest BCUT2D eigenvalue weighted by molar-refractivity contribution is 9.10. The van der Waals surface area contributed by atoms with Crippen LogP contribution in [-0.4, -0.2) is 27.2 Å². The van der Waals surface area contributed by atoms with E-state index >= 15 is 0 Å². The second-order valence-electron chi connectivity index (χ2n) is 6.46. The maximum atomic E-state index is 12.9. The molecule has 2 N–H and O–H groups in total. The van der Waals surface area contributed by atoms with Crippen LogP contribution >= 0.6 is 15.9 Å². The zero-order valence-corrected chi connectivity index (χ0v) is 17.5. The summed E-state index contributed by atoms with van der Waals surface area (Å²) in [6, 6.07) is 12.6. The van der Waals surface area contributed by atoms with Crippen molar-refractivity contribution in [3.63, 3.8) is 0 Å². The van der Waals surface area contributed by atoms with Gasteiger partial charge in [-0.25, -0.2) is 8.42 Å². The van der Waals surface area contributed by atoms with Gasteiger partial charge < -0.3 is 10.1 Å². The summed E-state index contributed by atoms with van der Waals surface area (Å²) in [5.74, 6) is 0.233. The molecule has 1 aliphatic rings. The molecule has 0 radical (unpaired) electrons. The highest BCUT2D eigenvalue weighted by atomic mass is 79.9. The minimum Gasteiger partial charge on any atom is -0.494 e. The van der Waals surface area contributed by atoms with Gasteiger partial charge in [-0.05, 0) is 49.6 Å². The molecule has 2 aromatic carbocycles. The molecular formula is C19H21BrN2O4S. The number of halogens is 1. The van der Waals surface area contributed by atoms with E-state index in [1.807, 2.05) is 24.3 Å². The molecule has 0 heterocycles. The number of sulfonamides is 1. The maximum absolute atomic E-state index is 12.9. The third-order valence-electron chi connectivity index (χ3n) is 4.69. The largest absolute Gasteiger partial charge is 0.494 e. The van der Waals surface area contributed by atoms with Crippen molar-refractivity contribution in [2.24, 2.45) is 0 Å². The van der Waals surface area contributed by atoms with Gasteiger partial charge in [-0.2, -0.15) is 0 Å². The summed E-state index contributed by atoms with van der Waals surface area (Å²) >= 11 is 3.41. The zero-order chi connectivity index (χ0) is 19.7. The monoisotopic (exact) mass is 452 g/mol. The molecule has 0 bridgehead atoms. The fourth-order valence-electron chi connectivity index (χ4n) is 2.88. The second kappa shape index (κ2) is 7.52. The van der Waals surface area contributed by atoms with Crippen LogP contribution in [0.25, 0.3) is 0 Å². The Balaban J connectivity index is 1.79. The van der Waals surface area contributed by atoms with E-state index in [-0.39, 0.29) is 11.7 Å². The smallest absolute Gasteiger partial charge is 0.235 e. The summed E-state index contributed by atoms with van der Waals surface area (Å²) in [6.07, 6.45) is 1.60. The average Bonchev–Trinajstić information content (AvgIpc) is 3.45. The molecule has 3 rings (SSSR count). The first kappa shape index (κ1) is 19.7. The fourth-order valence-corrected chi connectivity index (χ4v) is 3.80. The Hall–Kier alpha value is -2.06. The van der Waals surface area contributed by atoms with Crippen molar-refractivity contribution in [1.82, 2.24) is 0 Å². The van der Waals surface area contributed by atoms with Crippen LogP contribution in [0, 0.1) is 0 Å². The first-order chi connectivity index (χ1) is 12.8. The van der Waals surface area contributed by atoms with Crippen LogP contribution < -0.4 is 14.8 Å². The number of methoxy groups -OCH3 is 1. The second-order valence-corrected chi connectivity index (χ2v) is 9.39. The van der Waals surface area contributed by atoms with Crippen molar-refractivity contribution in [2.75, 3.05) is 22.9 Å². The van der Waals surface area contributed by atoms with Crippen LogP contribution in [0.3, 0.4) is 0 Å². The van der Waals surface area contributed by atoms with Crippen molar-refractivity contribution < 1.29 is 17.9 Å². The highest BCUT2D eigenvalue weighted by Gasteiger charge is 2.51. The van der Waals surface area contributed by atoms with Crippen molar-refractivity contribution in [2.45, 2.75) is 25.2 Å². The summed E-state index contributed by atoms with van der Waals surface area (Å²) in [7, 11) is -1.96. The van der Waals surface area contributed by atoms with E-state index in [2.05, 4.69) is 26.0 Å². The van der Waals surface area contributed by atoms with Gasteiger partial charge in [-0.3, -0.25) is 9.52 Å². The summed E-state index contributed by atoms with van der Waals surface area (Å²) in [4.78, 5) is 12.9. The lowest BCUT2D eigenvalue weighted by Crippen LogP contribution is -2.27. The number of amides is 1. The lowest BCUT2D eigenvalue weighted by Gasteiger charge is -2.17. The van der Waals surface area contributed by atoms with Gasteiger partial charge >= 0.3 is 0 Å². The number of ether oxygens (including phenoxy) is 1. The molecule has 0 aromatic heterocycles. The molecule has 0 spiro atoms. The SMILES string of the molecule is CCS(=O)(=O)Nc1ccc(NC(=O)C2(c3ccc(Br)cc3)CC2)cc1OC. The molecule has 1 amide bonds. The number of rotatable bonds is 7. The van der Waals surface area contributed by atoms with E-state index in [1.165, 1.54) is 7.11 Å². The Bertz CT molecular complexity index is 954. The molecule has 1 fully saturated rings. The number of carbonyl (C=O) groups excluding carboxylic acids is 1. The van der Waals surface area contributed by atoms with Crippen molar-refractivity contribution in [3.05, 3.63) is 52.5 Å². The summed E-state index contributed by atoms with van der Waals surface area (Å²) < 4.78 is 32.3. The third-order valence-corrected chi connectivity index (χ3v) is 6.51. The Morgan fingerprint density at radius 2 is 1.85 bits per heavy atom. The summed E-state index contributed by atoms with van der Waals surface area (Å²) in [5.41, 5.74) is 1.38. The molecule has 0 saturated heterocycles. The number of nitrogens with one attached hydrogen (secondary N) is 2. The average molecular weight is 453 g/mol. The van der Waals surface area contributed by atoms with Gasteiger partial charge in [0.1, 0.15) is 5.75 Å². The molecule has 1 aliphatic carbocycles. The van der Waals surface area contributed by atoms with Gasteiger partial charge in [0.25, 0.3) is 0 Å². The van der Waals surface area contributed by atoms with Gasteiger partial charge in [-0.15, -0.1) is 0 Å². The quantitative estimate of drug-likeness (QED) is 0.667. The van der Waals surface area contributed by atoms with Gasteiger partial charge in [0.05, 0.1) is 24.0 Å². The van der Waals surface area contributed by atoms with Gasteiger partial charge in [0.2, 0.25) is 15.9 Å². The molecule has 2 aromatic rings. The van der Waals surface area contributed by atoms with Crippen molar-refractivity contribution in [1.29, 1.82) is 0 Å². The lowest BCUT2D eigenvalue weighted by atomic mass is 9.95. The molecule has 144 valence electrons. The van der Waals surface area contributed by atoms with Crippen LogP contribution in [0.15, 0.2) is 46.9 Å². The van der Waals surface area contributed by atoms with Crippen LogP contribution in [-0.2, 0) is 20.2 Å². The van der Waals surface area contributed by atoms with E-state index in [1.54, 1.807) is 25.1 Å². The van der Waals surface area contributed by atoms with Gasteiger partial charge in [0.15, 0.2) is 0 Å². The number of benzene rings is 2. The molecule has 0 unspecified atom stereocenters. The minimum absolute atomic E-state index is 0.0373. The maximum Gasteiger partial charge on any atom is 0.235 e. The van der Waals surface area contributed by atoms with Crippen LogP contribution in [0.5, 0.6) is 5.75 Å². The predicted molar refractivity (Wildman–Crippen MR) is 110 cm³/mol. The van der Waals surface area contributed by atoms with E-state index in [4.69, 9.17) is 4.74 Å². The molecule has 0 atom stereocenters. The first-order valence-electron chi connectivity index (χ1n) is 8.56. The molecule has 0 aliphatic heterocycles. The Kier molecular flexibility index (Phi) is 5.48. The molecule has 8 heteroatoms. The van der Waals surface area contributed by atoms with Crippen molar-refractivity contribution >= 4 is 43.2 Å². The molecule has 1 saturated carbocycles. The zero-order valence-electron chi connectivity index (χ0n) is 15.1. The number of carbonyl (C=O) groups is 1. The summed E-state index contributed by atoms with van der Waals surface area (Å²) in [6.45, 7) is 1.56. The fraction of sp³-hybridized carbons (Fsp3) is 0.316. The van der Waals surface area contributed by atoms with E-state index in [0.717, 1.165) is 22.9 Å². The first-order valence-corrected chi connectivity index (χ1v) is 11.0. The van der Waals surface area contributed by atoms with E-state index in [9.17, 15) is 13.2 Å². The lowest BCUT2D eigenvalue weighted by molar-refractivity contribution is -0.118. The molecular weight excluding hydrogens is 432 g/mol. The Labute approximate surface area is 167 Å². The summed E-state index contributed by atoms with van der Waals surface area (Å²) in [5, 5.41) is 2.93. The van der Waals surface area contributed by atoms with E-state index < -0.39 is 15.4 Å². The molecule has 6 nitrogen and oxygen atoms in total. The highest BCUT2D eigenvalue weighted by Crippen LogP contribution is 2.49. The third kappa shape index (κ3) is 4.27. The van der Waals surface area contributed by atoms with Crippen LogP contribution in [0.1, 0.15) is 25.3 Å².